The molecule has 3 saturated heterocycles. The first-order valence-corrected chi connectivity index (χ1v) is 20.0. The molecule has 3 heterocycles. The minimum absolute atomic E-state index is 0.0984. The predicted molar refractivity (Wildman–Crippen MR) is 216 cm³/mol. The molecule has 292 valence electrons. The second-order valence-corrected chi connectivity index (χ2v) is 15.6. The molecule has 3 unspecified atom stereocenters. The van der Waals surface area contributed by atoms with E-state index >= 15 is 0 Å². The van der Waals surface area contributed by atoms with E-state index in [1.807, 2.05) is 60.7 Å². The maximum Gasteiger partial charge on any atom is 0.230 e. The zero-order valence-electron chi connectivity index (χ0n) is 31.9. The highest BCUT2D eigenvalue weighted by Crippen LogP contribution is 2.33. The molecule has 4 aliphatic rings. The Balaban J connectivity index is 0.759. The summed E-state index contributed by atoms with van der Waals surface area (Å²) in [6.45, 7) is 3.93. The fourth-order valence-electron chi connectivity index (χ4n) is 7.12. The minimum atomic E-state index is 0.0984. The van der Waals surface area contributed by atoms with Crippen LogP contribution in [-0.2, 0) is 33.5 Å². The molecule has 9 nitrogen and oxygen atoms in total. The van der Waals surface area contributed by atoms with Crippen LogP contribution in [0.1, 0.15) is 35.1 Å². The fourth-order valence-corrected chi connectivity index (χ4v) is 7.12. The minimum Gasteiger partial charge on any atom is -0.493 e. The molecule has 0 bridgehead atoms. The number of epoxide rings is 3. The van der Waals surface area contributed by atoms with Gasteiger partial charge in [0.05, 0.1) is 38.6 Å². The third-order valence-electron chi connectivity index (χ3n) is 10.8. The van der Waals surface area contributed by atoms with Gasteiger partial charge in [0.15, 0.2) is 0 Å². The Morgan fingerprint density at radius 3 is 1.26 bits per heavy atom. The van der Waals surface area contributed by atoms with Crippen molar-refractivity contribution in [3.63, 3.8) is 0 Å². The zero-order chi connectivity index (χ0) is 38.0. The lowest BCUT2D eigenvalue weighted by Gasteiger charge is -2.16. The van der Waals surface area contributed by atoms with Crippen LogP contribution >= 0.6 is 0 Å². The maximum atomic E-state index is 6.22. The van der Waals surface area contributed by atoms with Crippen LogP contribution in [0.3, 0.4) is 0 Å². The van der Waals surface area contributed by atoms with Crippen LogP contribution in [-0.4, -0.2) is 64.9 Å². The van der Waals surface area contributed by atoms with E-state index < -0.39 is 0 Å². The molecule has 1 aliphatic carbocycles. The summed E-state index contributed by atoms with van der Waals surface area (Å²) in [5.74, 6) is 5.61. The van der Waals surface area contributed by atoms with Gasteiger partial charge in [-0.2, -0.15) is 0 Å². The Hall–Kier alpha value is -5.48. The summed E-state index contributed by atoms with van der Waals surface area (Å²) in [6.07, 6.45) is 5.59. The van der Waals surface area contributed by atoms with Gasteiger partial charge in [0.1, 0.15) is 47.2 Å². The average Bonchev–Trinajstić information content (AvgIpc) is 4.02. The van der Waals surface area contributed by atoms with Gasteiger partial charge in [0.25, 0.3) is 0 Å². The molecule has 0 aromatic heterocycles. The Bertz CT molecular complexity index is 2190. The van der Waals surface area contributed by atoms with Crippen molar-refractivity contribution in [2.45, 2.75) is 50.4 Å². The van der Waals surface area contributed by atoms with Crippen molar-refractivity contribution in [2.75, 3.05) is 46.6 Å². The van der Waals surface area contributed by atoms with Crippen LogP contribution in [0.2, 0.25) is 0 Å². The number of rotatable bonds is 20. The lowest BCUT2D eigenvalue weighted by Crippen LogP contribution is -2.09. The van der Waals surface area contributed by atoms with E-state index in [2.05, 4.69) is 48.5 Å². The van der Waals surface area contributed by atoms with Crippen molar-refractivity contribution < 1.29 is 42.6 Å². The first-order valence-electron chi connectivity index (χ1n) is 20.0. The summed E-state index contributed by atoms with van der Waals surface area (Å²) in [4.78, 5) is 0. The van der Waals surface area contributed by atoms with E-state index in [4.69, 9.17) is 42.6 Å². The van der Waals surface area contributed by atoms with E-state index in [1.165, 1.54) is 24.0 Å². The van der Waals surface area contributed by atoms with E-state index in [9.17, 15) is 0 Å². The van der Waals surface area contributed by atoms with Crippen LogP contribution in [0.4, 0.5) is 0 Å². The molecule has 9 heteroatoms. The first-order chi connectivity index (χ1) is 28.1. The SMILES string of the molecule is c1cc(OCOc2ccc3cc(OCC4CC4)ccc3c2)c(CC2CO2)cc1Cc1ccc(OCOc2ccc3cc(OCC4CO4)ccc3c2)c(CC2CO2)c1. The van der Waals surface area contributed by atoms with Crippen LogP contribution in [0.15, 0.2) is 109 Å². The average molecular weight is 767 g/mol. The lowest BCUT2D eigenvalue weighted by atomic mass is 9.97. The van der Waals surface area contributed by atoms with Gasteiger partial charge in [-0.25, -0.2) is 0 Å². The summed E-state index contributed by atoms with van der Waals surface area (Å²) in [6, 6.07) is 37.2. The van der Waals surface area contributed by atoms with E-state index in [1.54, 1.807) is 0 Å². The molecule has 6 aromatic carbocycles. The Morgan fingerprint density at radius 1 is 0.421 bits per heavy atom. The highest BCUT2D eigenvalue weighted by molar-refractivity contribution is 5.86. The normalized spacial score (nSPS) is 19.3. The molecular weight excluding hydrogens is 721 g/mol. The number of ether oxygens (including phenoxy) is 9. The van der Waals surface area contributed by atoms with Gasteiger partial charge in [0, 0.05) is 12.8 Å². The monoisotopic (exact) mass is 766 g/mol. The van der Waals surface area contributed by atoms with Gasteiger partial charge in [-0.05, 0) is 130 Å². The maximum absolute atomic E-state index is 6.22. The van der Waals surface area contributed by atoms with Crippen molar-refractivity contribution in [2.24, 2.45) is 5.92 Å². The van der Waals surface area contributed by atoms with Gasteiger partial charge in [-0.3, -0.25) is 0 Å². The number of hydrogen-bond donors (Lipinski definition) is 0. The van der Waals surface area contributed by atoms with Crippen molar-refractivity contribution in [3.8, 4) is 34.5 Å². The van der Waals surface area contributed by atoms with Gasteiger partial charge in [0.2, 0.25) is 13.6 Å². The van der Waals surface area contributed by atoms with Gasteiger partial charge < -0.3 is 42.6 Å². The van der Waals surface area contributed by atoms with Crippen LogP contribution < -0.4 is 28.4 Å². The van der Waals surface area contributed by atoms with Crippen LogP contribution in [0.25, 0.3) is 21.5 Å². The summed E-state index contributed by atoms with van der Waals surface area (Å²) < 4.78 is 52.8. The third-order valence-corrected chi connectivity index (χ3v) is 10.8. The van der Waals surface area contributed by atoms with Gasteiger partial charge in [-0.15, -0.1) is 0 Å². The lowest BCUT2D eigenvalue weighted by molar-refractivity contribution is 0.118. The topological polar surface area (TPSA) is 93.0 Å². The van der Waals surface area contributed by atoms with E-state index in [0.29, 0.717) is 6.61 Å². The van der Waals surface area contributed by atoms with Crippen LogP contribution in [0.5, 0.6) is 34.5 Å². The smallest absolute Gasteiger partial charge is 0.230 e. The first kappa shape index (κ1) is 35.9. The highest BCUT2D eigenvalue weighted by atomic mass is 16.7. The number of hydrogen-bond acceptors (Lipinski definition) is 9. The van der Waals surface area contributed by atoms with Crippen molar-refractivity contribution >= 4 is 21.5 Å². The summed E-state index contributed by atoms with van der Waals surface area (Å²) in [7, 11) is 0. The molecule has 0 spiro atoms. The summed E-state index contributed by atoms with van der Waals surface area (Å²) in [5, 5.41) is 4.39. The molecular formula is C48H46O9. The quantitative estimate of drug-likeness (QED) is 0.0558. The molecule has 10 rings (SSSR count). The molecule has 0 amide bonds. The van der Waals surface area contributed by atoms with Gasteiger partial charge >= 0.3 is 0 Å². The summed E-state index contributed by atoms with van der Waals surface area (Å²) >= 11 is 0. The molecule has 4 fully saturated rings. The molecule has 0 N–H and O–H groups in total. The van der Waals surface area contributed by atoms with E-state index in [-0.39, 0.29) is 31.9 Å². The fraction of sp³-hybridized carbons (Fsp3) is 0.333. The largest absolute Gasteiger partial charge is 0.493 e. The number of benzene rings is 6. The Morgan fingerprint density at radius 2 is 0.842 bits per heavy atom. The molecule has 57 heavy (non-hydrogen) atoms. The molecule has 3 atom stereocenters. The van der Waals surface area contributed by atoms with Crippen molar-refractivity contribution in [3.05, 3.63) is 131 Å². The number of fused-ring (bicyclic) bond motifs is 2. The predicted octanol–water partition coefficient (Wildman–Crippen LogP) is 8.86. The molecule has 0 radical (unpaired) electrons. The Labute approximate surface area is 332 Å². The highest BCUT2D eigenvalue weighted by Gasteiger charge is 2.26. The Kier molecular flexibility index (Phi) is 10.2. The van der Waals surface area contributed by atoms with Gasteiger partial charge in [-0.1, -0.05) is 48.5 Å². The van der Waals surface area contributed by atoms with Crippen LogP contribution in [0, 0.1) is 5.92 Å². The zero-order valence-corrected chi connectivity index (χ0v) is 31.9. The molecule has 3 aliphatic heterocycles. The second-order valence-electron chi connectivity index (χ2n) is 15.6. The molecule has 1 saturated carbocycles. The standard InChI is InChI=1S/C48H46O9/c1-2-31(1)24-49-40-9-5-36-20-42(11-7-34(36)18-40)54-29-56-47-13-3-32(16-38(47)22-44-25-51-44)15-33-4-14-48(39(17-33)23-45-26-52-45)57-30-55-43-12-8-35-19-41(10-6-37(35)21-43)50-27-46-28-53-46/h3-14,16-21,31,44-46H,1-2,15,22-30H2. The van der Waals surface area contributed by atoms with Crippen molar-refractivity contribution in [1.29, 1.82) is 0 Å². The third kappa shape index (κ3) is 9.74. The molecule has 6 aromatic rings. The second kappa shape index (κ2) is 16.2. The van der Waals surface area contributed by atoms with Crippen molar-refractivity contribution in [1.82, 2.24) is 0 Å². The van der Waals surface area contributed by atoms with E-state index in [0.717, 1.165) is 119 Å². The summed E-state index contributed by atoms with van der Waals surface area (Å²) in [5.41, 5.74) is 4.63.